The summed E-state index contributed by atoms with van der Waals surface area (Å²) in [6.45, 7) is 8.60. The van der Waals surface area contributed by atoms with Gasteiger partial charge in [-0.1, -0.05) is 56.0 Å². The molecule has 0 bridgehead atoms. The van der Waals surface area contributed by atoms with Crippen LogP contribution < -0.4 is 4.90 Å². The van der Waals surface area contributed by atoms with E-state index in [2.05, 4.69) is 24.8 Å². The third-order valence-corrected chi connectivity index (χ3v) is 7.61. The summed E-state index contributed by atoms with van der Waals surface area (Å²) in [7, 11) is 0. The summed E-state index contributed by atoms with van der Waals surface area (Å²) in [5.74, 6) is 1.13. The molecule has 3 heterocycles. The fraction of sp³-hybridized carbons (Fsp3) is 0.462. The lowest BCUT2D eigenvalue weighted by Gasteiger charge is -2.32. The molecule has 2 aliphatic heterocycles. The van der Waals surface area contributed by atoms with Gasteiger partial charge in [-0.25, -0.2) is 4.98 Å². The molecule has 0 aliphatic carbocycles. The molecule has 0 radical (unpaired) electrons. The quantitative estimate of drug-likeness (QED) is 0.294. The van der Waals surface area contributed by atoms with Gasteiger partial charge >= 0.3 is 5.97 Å². The number of carbonyl (C=O) groups excluding carboxylic acids is 2. The number of amides is 1. The van der Waals surface area contributed by atoms with E-state index in [0.717, 1.165) is 41.5 Å². The maximum atomic E-state index is 13.1. The molecule has 0 N–H and O–H groups in total. The second-order valence-corrected chi connectivity index (χ2v) is 10.8. The number of piperidine rings is 1. The molecule has 1 aromatic heterocycles. The van der Waals surface area contributed by atoms with Gasteiger partial charge in [-0.15, -0.1) is 0 Å². The third kappa shape index (κ3) is 5.44. The van der Waals surface area contributed by atoms with Crippen LogP contribution in [0.15, 0.2) is 35.2 Å². The van der Waals surface area contributed by atoms with Crippen molar-refractivity contribution in [2.75, 3.05) is 31.1 Å². The van der Waals surface area contributed by atoms with Crippen LogP contribution in [0.3, 0.4) is 0 Å². The van der Waals surface area contributed by atoms with Crippen LogP contribution >= 0.6 is 24.0 Å². The third-order valence-electron chi connectivity index (χ3n) is 6.24. The van der Waals surface area contributed by atoms with E-state index >= 15 is 0 Å². The molecule has 0 spiro atoms. The summed E-state index contributed by atoms with van der Waals surface area (Å²) >= 11 is 6.87. The van der Waals surface area contributed by atoms with Crippen LogP contribution in [0, 0.1) is 11.8 Å². The average Bonchev–Trinajstić information content (AvgIpc) is 3.09. The topological polar surface area (TPSA) is 62.7 Å². The van der Waals surface area contributed by atoms with Crippen molar-refractivity contribution in [3.63, 3.8) is 0 Å². The highest BCUT2D eigenvalue weighted by Gasteiger charge is 2.33. The van der Waals surface area contributed by atoms with Crippen molar-refractivity contribution in [2.45, 2.75) is 40.0 Å². The molecule has 1 amide bonds. The molecule has 0 unspecified atom stereocenters. The van der Waals surface area contributed by atoms with Gasteiger partial charge in [0.15, 0.2) is 0 Å². The SMILES string of the molecule is CCOC(=O)C1CCN(c2nc3ccccc3cc2/C=C2\SC(=S)N(CCC(C)C)C2=O)CC1. The first-order chi connectivity index (χ1) is 16.4. The number of anilines is 1. The van der Waals surface area contributed by atoms with Crippen LogP contribution in [-0.4, -0.2) is 52.3 Å². The van der Waals surface area contributed by atoms with E-state index in [1.54, 1.807) is 4.90 Å². The number of para-hydroxylation sites is 1. The minimum Gasteiger partial charge on any atom is -0.466 e. The molecule has 34 heavy (non-hydrogen) atoms. The number of fused-ring (bicyclic) bond motifs is 1. The molecule has 6 nitrogen and oxygen atoms in total. The number of thiocarbonyl (C=S) groups is 1. The molecular weight excluding hydrogens is 466 g/mol. The Morgan fingerprint density at radius 2 is 2.03 bits per heavy atom. The van der Waals surface area contributed by atoms with Crippen LogP contribution in [0.25, 0.3) is 17.0 Å². The Hall–Kier alpha value is -2.45. The minimum absolute atomic E-state index is 0.0317. The lowest BCUT2D eigenvalue weighted by molar-refractivity contribution is -0.148. The number of pyridine rings is 1. The second-order valence-electron chi connectivity index (χ2n) is 9.12. The number of thioether (sulfide) groups is 1. The fourth-order valence-corrected chi connectivity index (χ4v) is 5.59. The summed E-state index contributed by atoms with van der Waals surface area (Å²) in [6.07, 6.45) is 4.30. The number of rotatable bonds is 7. The summed E-state index contributed by atoms with van der Waals surface area (Å²) in [4.78, 5) is 34.8. The average molecular weight is 498 g/mol. The molecule has 0 saturated carbocycles. The van der Waals surface area contributed by atoms with Crippen LogP contribution in [-0.2, 0) is 14.3 Å². The first-order valence-electron chi connectivity index (χ1n) is 11.9. The van der Waals surface area contributed by atoms with Crippen molar-refractivity contribution in [1.29, 1.82) is 0 Å². The Balaban J connectivity index is 1.63. The molecule has 1 aromatic carbocycles. The Morgan fingerprint density at radius 1 is 1.29 bits per heavy atom. The molecule has 0 atom stereocenters. The number of hydrogen-bond acceptors (Lipinski definition) is 7. The zero-order valence-corrected chi connectivity index (χ0v) is 21.6. The smallest absolute Gasteiger partial charge is 0.309 e. The Bertz CT molecular complexity index is 1120. The Kier molecular flexibility index (Phi) is 7.88. The largest absolute Gasteiger partial charge is 0.466 e. The van der Waals surface area contributed by atoms with Gasteiger partial charge in [0.1, 0.15) is 10.1 Å². The summed E-state index contributed by atoms with van der Waals surface area (Å²) in [6, 6.07) is 10.1. The lowest BCUT2D eigenvalue weighted by atomic mass is 9.96. The number of benzene rings is 1. The van der Waals surface area contributed by atoms with E-state index < -0.39 is 0 Å². The number of carbonyl (C=O) groups is 2. The van der Waals surface area contributed by atoms with Gasteiger partial charge in [-0.05, 0) is 50.3 Å². The van der Waals surface area contributed by atoms with E-state index in [-0.39, 0.29) is 17.8 Å². The van der Waals surface area contributed by atoms with Crippen molar-refractivity contribution in [1.82, 2.24) is 9.88 Å². The maximum Gasteiger partial charge on any atom is 0.309 e. The molecule has 2 aromatic rings. The highest BCUT2D eigenvalue weighted by atomic mass is 32.2. The van der Waals surface area contributed by atoms with Crippen LogP contribution in [0.2, 0.25) is 0 Å². The van der Waals surface area contributed by atoms with E-state index in [1.165, 1.54) is 11.8 Å². The summed E-state index contributed by atoms with van der Waals surface area (Å²) in [5.41, 5.74) is 1.81. The van der Waals surface area contributed by atoms with Gasteiger partial charge in [-0.3, -0.25) is 14.5 Å². The van der Waals surface area contributed by atoms with E-state index in [0.29, 0.717) is 41.4 Å². The zero-order chi connectivity index (χ0) is 24.2. The molecule has 2 saturated heterocycles. The number of ether oxygens (including phenoxy) is 1. The summed E-state index contributed by atoms with van der Waals surface area (Å²) in [5, 5.41) is 1.02. The first-order valence-corrected chi connectivity index (χ1v) is 13.2. The van der Waals surface area contributed by atoms with E-state index in [1.807, 2.05) is 37.3 Å². The van der Waals surface area contributed by atoms with E-state index in [9.17, 15) is 9.59 Å². The predicted octanol–water partition coefficient (Wildman–Crippen LogP) is 5.26. The monoisotopic (exact) mass is 497 g/mol. The van der Waals surface area contributed by atoms with Gasteiger partial charge in [-0.2, -0.15) is 0 Å². The first kappa shape index (κ1) is 24.7. The van der Waals surface area contributed by atoms with Gasteiger partial charge in [0.25, 0.3) is 5.91 Å². The van der Waals surface area contributed by atoms with Crippen LogP contribution in [0.5, 0.6) is 0 Å². The molecular formula is C26H31N3O3S2. The van der Waals surface area contributed by atoms with Crippen molar-refractivity contribution >= 4 is 63.0 Å². The summed E-state index contributed by atoms with van der Waals surface area (Å²) < 4.78 is 5.83. The predicted molar refractivity (Wildman–Crippen MR) is 143 cm³/mol. The Morgan fingerprint density at radius 3 is 2.74 bits per heavy atom. The van der Waals surface area contributed by atoms with Gasteiger partial charge in [0.05, 0.1) is 22.9 Å². The number of hydrogen-bond donors (Lipinski definition) is 0. The van der Waals surface area contributed by atoms with Crippen molar-refractivity contribution < 1.29 is 14.3 Å². The number of aromatic nitrogens is 1. The van der Waals surface area contributed by atoms with Crippen molar-refractivity contribution in [3.05, 3.63) is 40.8 Å². The molecule has 2 aliphatic rings. The van der Waals surface area contributed by atoms with E-state index in [4.69, 9.17) is 21.9 Å². The Labute approximate surface area is 210 Å². The molecule has 8 heteroatoms. The standard InChI is InChI=1S/C26H31N3O3S2/c1-4-32-25(31)18-10-12-28(13-11-18)23-20(15-19-7-5-6-8-21(19)27-23)16-22-24(30)29(26(33)34-22)14-9-17(2)3/h5-8,15-18H,4,9-14H2,1-3H3/b22-16-. The molecule has 2 fully saturated rings. The lowest BCUT2D eigenvalue weighted by Crippen LogP contribution is -2.37. The molecule has 180 valence electrons. The highest BCUT2D eigenvalue weighted by Crippen LogP contribution is 2.36. The minimum atomic E-state index is -0.112. The highest BCUT2D eigenvalue weighted by molar-refractivity contribution is 8.26. The maximum absolute atomic E-state index is 13.1. The fourth-order valence-electron chi connectivity index (χ4n) is 4.29. The second kappa shape index (κ2) is 10.9. The zero-order valence-electron chi connectivity index (χ0n) is 20.0. The molecule has 4 rings (SSSR count). The van der Waals surface area contributed by atoms with Gasteiger partial charge < -0.3 is 9.64 Å². The normalized spacial score (nSPS) is 18.5. The van der Waals surface area contributed by atoms with Crippen molar-refractivity contribution in [3.8, 4) is 0 Å². The van der Waals surface area contributed by atoms with Crippen molar-refractivity contribution in [2.24, 2.45) is 11.8 Å². The number of esters is 1. The van der Waals surface area contributed by atoms with Gasteiger partial charge in [0.2, 0.25) is 0 Å². The van der Waals surface area contributed by atoms with Gasteiger partial charge in [0, 0.05) is 30.6 Å². The number of nitrogens with zero attached hydrogens (tertiary/aromatic N) is 3. The van der Waals surface area contributed by atoms with Crippen LogP contribution in [0.1, 0.15) is 45.6 Å². The van der Waals surface area contributed by atoms with Crippen LogP contribution in [0.4, 0.5) is 5.82 Å².